The van der Waals surface area contributed by atoms with Gasteiger partial charge in [-0.3, -0.25) is 9.78 Å². The lowest BCUT2D eigenvalue weighted by Gasteiger charge is -1.84. The van der Waals surface area contributed by atoms with Crippen molar-refractivity contribution < 1.29 is 0 Å². The van der Waals surface area contributed by atoms with E-state index in [1.54, 1.807) is 0 Å². The first-order valence-corrected chi connectivity index (χ1v) is 4.85. The van der Waals surface area contributed by atoms with Crippen LogP contribution in [-0.2, 0) is 0 Å². The highest BCUT2D eigenvalue weighted by Crippen LogP contribution is 1.69. The van der Waals surface area contributed by atoms with Crippen LogP contribution >= 0.6 is 9.24 Å². The molecule has 5 heteroatoms. The summed E-state index contributed by atoms with van der Waals surface area (Å²) >= 11 is 0. The monoisotopic (exact) mass is 204 g/mol. The van der Waals surface area contributed by atoms with Gasteiger partial charge in [0.05, 0.1) is 5.30 Å². The Labute approximate surface area is 80.0 Å². The summed E-state index contributed by atoms with van der Waals surface area (Å²) in [4.78, 5) is 25.2. The molecule has 76 valence electrons. The molecule has 1 aromatic heterocycles. The first kappa shape index (κ1) is 14.6. The van der Waals surface area contributed by atoms with Crippen LogP contribution in [0.4, 0.5) is 0 Å². The van der Waals surface area contributed by atoms with E-state index in [0.29, 0.717) is 5.30 Å². The minimum atomic E-state index is -0.480. The molecule has 0 aromatic carbocycles. The summed E-state index contributed by atoms with van der Waals surface area (Å²) in [6, 6.07) is 0. The number of rotatable bonds is 0. The zero-order chi connectivity index (χ0) is 10.9. The van der Waals surface area contributed by atoms with Crippen LogP contribution in [0.3, 0.4) is 0 Å². The van der Waals surface area contributed by atoms with Gasteiger partial charge in [-0.2, -0.15) is 0 Å². The SMILES string of the molecule is CC.CC.O=c1[nH]cc(P)c(=O)[nH]1. The average Bonchev–Trinajstić information content (AvgIpc) is 2.18. The fourth-order valence-electron chi connectivity index (χ4n) is 0.420. The van der Waals surface area contributed by atoms with Crippen LogP contribution in [-0.4, -0.2) is 9.97 Å². The van der Waals surface area contributed by atoms with E-state index in [4.69, 9.17) is 0 Å². The van der Waals surface area contributed by atoms with Gasteiger partial charge in [0.15, 0.2) is 0 Å². The van der Waals surface area contributed by atoms with Gasteiger partial charge in [-0.1, -0.05) is 36.9 Å². The third kappa shape index (κ3) is 6.29. The first-order valence-electron chi connectivity index (χ1n) is 4.27. The lowest BCUT2D eigenvalue weighted by molar-refractivity contribution is 1.05. The maximum absolute atomic E-state index is 10.5. The van der Waals surface area contributed by atoms with Gasteiger partial charge in [0.25, 0.3) is 5.56 Å². The van der Waals surface area contributed by atoms with E-state index in [9.17, 15) is 9.59 Å². The maximum atomic E-state index is 10.5. The van der Waals surface area contributed by atoms with E-state index < -0.39 is 5.69 Å². The molecule has 1 atom stereocenters. The number of aromatic nitrogens is 2. The van der Waals surface area contributed by atoms with Crippen LogP contribution in [0.1, 0.15) is 27.7 Å². The molecule has 0 aliphatic rings. The molecule has 13 heavy (non-hydrogen) atoms. The van der Waals surface area contributed by atoms with Crippen molar-refractivity contribution in [1.29, 1.82) is 0 Å². The second-order valence-electron chi connectivity index (χ2n) is 1.53. The zero-order valence-corrected chi connectivity index (χ0v) is 9.63. The Morgan fingerprint density at radius 3 is 1.92 bits per heavy atom. The molecule has 0 spiro atoms. The smallest absolute Gasteiger partial charge is 0.313 e. The summed E-state index contributed by atoms with van der Waals surface area (Å²) in [6.07, 6.45) is 1.34. The van der Waals surface area contributed by atoms with Crippen molar-refractivity contribution in [2.24, 2.45) is 0 Å². The Kier molecular flexibility index (Phi) is 10.3. The minimum absolute atomic E-state index is 0.372. The predicted octanol–water partition coefficient (Wildman–Crippen LogP) is 0.616. The summed E-state index contributed by atoms with van der Waals surface area (Å²) in [5.74, 6) is 0. The molecular formula is C8H17N2O2P. The van der Waals surface area contributed by atoms with Crippen LogP contribution in [0.2, 0.25) is 0 Å². The number of hydrogen-bond acceptors (Lipinski definition) is 2. The third-order valence-electron chi connectivity index (χ3n) is 0.848. The van der Waals surface area contributed by atoms with Gasteiger partial charge >= 0.3 is 5.69 Å². The molecule has 2 N–H and O–H groups in total. The minimum Gasteiger partial charge on any atom is -0.313 e. The lowest BCUT2D eigenvalue weighted by atomic mass is 10.7. The standard InChI is InChI=1S/C4H5N2O2P.2C2H6/c7-3-2(9)1-5-4(8)6-3;2*1-2/h1H,9H2,(H2,5,6,7,8);2*1-2H3. The molecule has 4 nitrogen and oxygen atoms in total. The number of nitrogens with one attached hydrogen (secondary N) is 2. The van der Waals surface area contributed by atoms with Crippen molar-refractivity contribution in [2.75, 3.05) is 0 Å². The van der Waals surface area contributed by atoms with Crippen molar-refractivity contribution in [3.63, 3.8) is 0 Å². The molecule has 0 saturated carbocycles. The van der Waals surface area contributed by atoms with Crippen molar-refractivity contribution in [1.82, 2.24) is 9.97 Å². The molecule has 1 aromatic rings. The van der Waals surface area contributed by atoms with E-state index in [-0.39, 0.29) is 5.56 Å². The van der Waals surface area contributed by atoms with Crippen LogP contribution < -0.4 is 16.6 Å². The van der Waals surface area contributed by atoms with Gasteiger partial charge < -0.3 is 4.98 Å². The Balaban J connectivity index is 0. The quantitative estimate of drug-likeness (QED) is 0.608. The first-order chi connectivity index (χ1) is 6.20. The average molecular weight is 204 g/mol. The normalized spacial score (nSPS) is 7.46. The Morgan fingerprint density at radius 1 is 1.15 bits per heavy atom. The molecule has 0 radical (unpaired) electrons. The van der Waals surface area contributed by atoms with E-state index in [0.717, 1.165) is 0 Å². The van der Waals surface area contributed by atoms with E-state index in [1.807, 2.05) is 27.7 Å². The summed E-state index contributed by atoms with van der Waals surface area (Å²) in [5.41, 5.74) is -0.852. The molecule has 0 aliphatic carbocycles. The highest BCUT2D eigenvalue weighted by Gasteiger charge is 1.88. The number of hydrogen-bond donors (Lipinski definition) is 2. The zero-order valence-electron chi connectivity index (χ0n) is 8.47. The van der Waals surface area contributed by atoms with Gasteiger partial charge in [0.2, 0.25) is 0 Å². The fraction of sp³-hybridized carbons (Fsp3) is 0.500. The molecule has 0 aliphatic heterocycles. The van der Waals surface area contributed by atoms with E-state index in [2.05, 4.69) is 19.2 Å². The number of aromatic amines is 2. The molecule has 1 rings (SSSR count). The van der Waals surface area contributed by atoms with Crippen LogP contribution in [0.15, 0.2) is 15.8 Å². The second-order valence-corrected chi connectivity index (χ2v) is 2.15. The molecule has 0 saturated heterocycles. The summed E-state index contributed by atoms with van der Waals surface area (Å²) in [6.45, 7) is 8.00. The van der Waals surface area contributed by atoms with Crippen LogP contribution in [0, 0.1) is 0 Å². The molecule has 0 fully saturated rings. The molecule has 0 bridgehead atoms. The van der Waals surface area contributed by atoms with Crippen LogP contribution in [0.5, 0.6) is 0 Å². The highest BCUT2D eigenvalue weighted by molar-refractivity contribution is 7.27. The third-order valence-corrected chi connectivity index (χ3v) is 1.28. The van der Waals surface area contributed by atoms with Gasteiger partial charge in [0.1, 0.15) is 0 Å². The number of H-pyrrole nitrogens is 2. The maximum Gasteiger partial charge on any atom is 0.325 e. The van der Waals surface area contributed by atoms with Gasteiger partial charge in [-0.25, -0.2) is 4.79 Å². The lowest BCUT2D eigenvalue weighted by Crippen LogP contribution is -2.30. The predicted molar refractivity (Wildman–Crippen MR) is 59.7 cm³/mol. The Morgan fingerprint density at radius 2 is 1.62 bits per heavy atom. The van der Waals surface area contributed by atoms with Gasteiger partial charge in [0, 0.05) is 6.20 Å². The Bertz CT molecular complexity index is 316. The summed E-state index contributed by atoms with van der Waals surface area (Å²) < 4.78 is 0. The molecule has 0 amide bonds. The van der Waals surface area contributed by atoms with Crippen molar-refractivity contribution in [3.8, 4) is 0 Å². The van der Waals surface area contributed by atoms with Crippen molar-refractivity contribution in [3.05, 3.63) is 27.0 Å². The van der Waals surface area contributed by atoms with E-state index in [1.165, 1.54) is 6.20 Å². The van der Waals surface area contributed by atoms with Gasteiger partial charge in [-0.05, 0) is 0 Å². The highest BCUT2D eigenvalue weighted by atomic mass is 31.0. The molecule has 1 heterocycles. The van der Waals surface area contributed by atoms with Gasteiger partial charge in [-0.15, -0.1) is 0 Å². The fourth-order valence-corrected chi connectivity index (χ4v) is 0.576. The van der Waals surface area contributed by atoms with Crippen LogP contribution in [0.25, 0.3) is 0 Å². The molecule has 1 unspecified atom stereocenters. The van der Waals surface area contributed by atoms with E-state index >= 15 is 0 Å². The van der Waals surface area contributed by atoms with Crippen molar-refractivity contribution in [2.45, 2.75) is 27.7 Å². The topological polar surface area (TPSA) is 65.7 Å². The second kappa shape index (κ2) is 9.20. The summed E-state index contributed by atoms with van der Waals surface area (Å²) in [5, 5.41) is 0.426. The summed E-state index contributed by atoms with van der Waals surface area (Å²) in [7, 11) is 2.20. The molecular weight excluding hydrogens is 187 g/mol. The van der Waals surface area contributed by atoms with Crippen molar-refractivity contribution >= 4 is 14.5 Å². The largest absolute Gasteiger partial charge is 0.325 e. The Hall–Kier alpha value is -0.890.